The highest BCUT2D eigenvalue weighted by atomic mass is 32.2. The summed E-state index contributed by atoms with van der Waals surface area (Å²) in [6.45, 7) is 9.97. The molecular formula is C15H24N2O2S. The second-order valence-electron chi connectivity index (χ2n) is 4.37. The van der Waals surface area contributed by atoms with E-state index in [1.165, 1.54) is 0 Å². The standard InChI is InChI=1S/C15H24N2O2S/c1-4-17(5-2)11-10-16-12-8-7-9-13(20-6-3)14(12)15(18)19/h7-9,16H,4-6,10-11H2,1-3H3,(H,18,19). The highest BCUT2D eigenvalue weighted by Gasteiger charge is 2.15. The van der Waals surface area contributed by atoms with Gasteiger partial charge in [0.1, 0.15) is 0 Å². The van der Waals surface area contributed by atoms with Gasteiger partial charge in [0.15, 0.2) is 0 Å². The Morgan fingerprint density at radius 2 is 2.00 bits per heavy atom. The third-order valence-corrected chi connectivity index (χ3v) is 4.12. The maximum atomic E-state index is 11.5. The first-order valence-corrected chi connectivity index (χ1v) is 8.07. The average Bonchev–Trinajstić information content (AvgIpc) is 2.44. The van der Waals surface area contributed by atoms with Gasteiger partial charge in [0.2, 0.25) is 0 Å². The van der Waals surface area contributed by atoms with Crippen LogP contribution in [0.25, 0.3) is 0 Å². The number of rotatable bonds is 9. The predicted molar refractivity (Wildman–Crippen MR) is 86.1 cm³/mol. The number of benzene rings is 1. The molecule has 112 valence electrons. The number of carbonyl (C=O) groups is 1. The molecule has 0 amide bonds. The van der Waals surface area contributed by atoms with E-state index in [4.69, 9.17) is 0 Å². The second-order valence-corrected chi connectivity index (χ2v) is 5.68. The summed E-state index contributed by atoms with van der Waals surface area (Å²) in [7, 11) is 0. The summed E-state index contributed by atoms with van der Waals surface area (Å²) < 4.78 is 0. The Balaban J connectivity index is 2.78. The zero-order valence-corrected chi connectivity index (χ0v) is 13.3. The average molecular weight is 296 g/mol. The Morgan fingerprint density at radius 1 is 1.30 bits per heavy atom. The zero-order chi connectivity index (χ0) is 15.0. The van der Waals surface area contributed by atoms with Gasteiger partial charge in [0.05, 0.1) is 5.56 Å². The molecule has 0 aliphatic rings. The molecule has 0 radical (unpaired) electrons. The molecule has 0 unspecified atom stereocenters. The fourth-order valence-electron chi connectivity index (χ4n) is 2.06. The molecule has 1 rings (SSSR count). The van der Waals surface area contributed by atoms with Gasteiger partial charge in [-0.25, -0.2) is 4.79 Å². The molecule has 0 saturated carbocycles. The largest absolute Gasteiger partial charge is 0.478 e. The lowest BCUT2D eigenvalue weighted by molar-refractivity contribution is 0.0694. The van der Waals surface area contributed by atoms with E-state index in [0.717, 1.165) is 36.8 Å². The van der Waals surface area contributed by atoms with E-state index in [2.05, 4.69) is 24.1 Å². The topological polar surface area (TPSA) is 52.6 Å². The maximum absolute atomic E-state index is 11.5. The molecule has 5 heteroatoms. The number of aromatic carboxylic acids is 1. The van der Waals surface area contributed by atoms with E-state index >= 15 is 0 Å². The summed E-state index contributed by atoms with van der Waals surface area (Å²) in [5.74, 6) is -0.00435. The van der Waals surface area contributed by atoms with Crippen LogP contribution in [0, 0.1) is 0 Å². The highest BCUT2D eigenvalue weighted by Crippen LogP contribution is 2.28. The van der Waals surface area contributed by atoms with Gasteiger partial charge in [-0.2, -0.15) is 0 Å². The van der Waals surface area contributed by atoms with Crippen molar-refractivity contribution >= 4 is 23.4 Å². The molecule has 20 heavy (non-hydrogen) atoms. The third-order valence-electron chi connectivity index (χ3n) is 3.18. The van der Waals surface area contributed by atoms with Crippen LogP contribution >= 0.6 is 11.8 Å². The number of nitrogens with one attached hydrogen (secondary N) is 1. The number of anilines is 1. The van der Waals surface area contributed by atoms with Crippen molar-refractivity contribution < 1.29 is 9.90 Å². The first-order chi connectivity index (χ1) is 9.63. The van der Waals surface area contributed by atoms with Crippen molar-refractivity contribution in [3.8, 4) is 0 Å². The monoisotopic (exact) mass is 296 g/mol. The second kappa shape index (κ2) is 8.87. The lowest BCUT2D eigenvalue weighted by Crippen LogP contribution is -2.28. The number of nitrogens with zero attached hydrogens (tertiary/aromatic N) is 1. The van der Waals surface area contributed by atoms with Gasteiger partial charge in [-0.1, -0.05) is 26.8 Å². The fraction of sp³-hybridized carbons (Fsp3) is 0.533. The molecule has 2 N–H and O–H groups in total. The molecule has 0 saturated heterocycles. The normalized spacial score (nSPS) is 10.8. The highest BCUT2D eigenvalue weighted by molar-refractivity contribution is 7.99. The van der Waals surface area contributed by atoms with Crippen LogP contribution < -0.4 is 5.32 Å². The predicted octanol–water partition coefficient (Wildman–Crippen LogP) is 3.25. The first-order valence-electron chi connectivity index (χ1n) is 7.09. The van der Waals surface area contributed by atoms with Crippen molar-refractivity contribution in [3.63, 3.8) is 0 Å². The van der Waals surface area contributed by atoms with Crippen molar-refractivity contribution in [2.45, 2.75) is 25.7 Å². The Morgan fingerprint density at radius 3 is 2.55 bits per heavy atom. The maximum Gasteiger partial charge on any atom is 0.338 e. The van der Waals surface area contributed by atoms with Gasteiger partial charge in [0, 0.05) is 23.7 Å². The van der Waals surface area contributed by atoms with Gasteiger partial charge in [-0.3, -0.25) is 0 Å². The Labute approximate surface area is 125 Å². The third kappa shape index (κ3) is 4.72. The van der Waals surface area contributed by atoms with Crippen LogP contribution in [-0.2, 0) is 0 Å². The summed E-state index contributed by atoms with van der Waals surface area (Å²) >= 11 is 1.56. The van der Waals surface area contributed by atoms with Gasteiger partial charge < -0.3 is 15.3 Å². The van der Waals surface area contributed by atoms with Crippen LogP contribution in [0.15, 0.2) is 23.1 Å². The van der Waals surface area contributed by atoms with Crippen molar-refractivity contribution in [1.82, 2.24) is 4.90 Å². The van der Waals surface area contributed by atoms with Crippen LogP contribution in [-0.4, -0.2) is 47.9 Å². The molecule has 0 spiro atoms. The van der Waals surface area contributed by atoms with Crippen molar-refractivity contribution in [3.05, 3.63) is 23.8 Å². The van der Waals surface area contributed by atoms with E-state index in [1.54, 1.807) is 11.8 Å². The Bertz CT molecular complexity index is 434. The number of likely N-dealkylation sites (N-methyl/N-ethyl adjacent to an activating group) is 1. The molecule has 0 atom stereocenters. The van der Waals surface area contributed by atoms with Crippen molar-refractivity contribution in [2.24, 2.45) is 0 Å². The van der Waals surface area contributed by atoms with Crippen molar-refractivity contribution in [2.75, 3.05) is 37.2 Å². The first kappa shape index (κ1) is 16.9. The molecule has 0 aromatic heterocycles. The lowest BCUT2D eigenvalue weighted by Gasteiger charge is -2.19. The van der Waals surface area contributed by atoms with E-state index < -0.39 is 5.97 Å². The minimum absolute atomic E-state index is 0.388. The molecule has 0 heterocycles. The van der Waals surface area contributed by atoms with Gasteiger partial charge >= 0.3 is 5.97 Å². The molecule has 1 aromatic rings. The van der Waals surface area contributed by atoms with Crippen LogP contribution in [0.3, 0.4) is 0 Å². The summed E-state index contributed by atoms with van der Waals surface area (Å²) in [5.41, 5.74) is 1.10. The minimum atomic E-state index is -0.869. The van der Waals surface area contributed by atoms with Gasteiger partial charge in [-0.15, -0.1) is 11.8 Å². The number of carboxylic acid groups (broad SMARTS) is 1. The fourth-order valence-corrected chi connectivity index (χ4v) is 2.89. The number of hydrogen-bond acceptors (Lipinski definition) is 4. The minimum Gasteiger partial charge on any atom is -0.478 e. The lowest BCUT2D eigenvalue weighted by atomic mass is 10.1. The SMILES string of the molecule is CCSc1cccc(NCCN(CC)CC)c1C(=O)O. The van der Waals surface area contributed by atoms with E-state index in [-0.39, 0.29) is 0 Å². The summed E-state index contributed by atoms with van der Waals surface area (Å²) in [5, 5.41) is 12.7. The quantitative estimate of drug-likeness (QED) is 0.685. The molecule has 0 fully saturated rings. The van der Waals surface area contributed by atoms with Crippen molar-refractivity contribution in [1.29, 1.82) is 0 Å². The van der Waals surface area contributed by atoms with Crippen LogP contribution in [0.4, 0.5) is 5.69 Å². The van der Waals surface area contributed by atoms with Crippen LogP contribution in [0.1, 0.15) is 31.1 Å². The Kier molecular flexibility index (Phi) is 7.47. The van der Waals surface area contributed by atoms with Crippen LogP contribution in [0.5, 0.6) is 0 Å². The number of thioether (sulfide) groups is 1. The van der Waals surface area contributed by atoms with Gasteiger partial charge in [0.25, 0.3) is 0 Å². The number of hydrogen-bond donors (Lipinski definition) is 2. The van der Waals surface area contributed by atoms with Crippen LogP contribution in [0.2, 0.25) is 0 Å². The molecule has 0 aliphatic heterocycles. The van der Waals surface area contributed by atoms with E-state index in [0.29, 0.717) is 11.3 Å². The summed E-state index contributed by atoms with van der Waals surface area (Å²) in [6.07, 6.45) is 0. The summed E-state index contributed by atoms with van der Waals surface area (Å²) in [6, 6.07) is 5.61. The Hall–Kier alpha value is -1.20. The number of carboxylic acids is 1. The van der Waals surface area contributed by atoms with Gasteiger partial charge in [-0.05, 0) is 31.0 Å². The van der Waals surface area contributed by atoms with E-state index in [1.807, 2.05) is 25.1 Å². The smallest absolute Gasteiger partial charge is 0.338 e. The summed E-state index contributed by atoms with van der Waals surface area (Å²) in [4.78, 5) is 14.6. The zero-order valence-electron chi connectivity index (χ0n) is 12.5. The molecular weight excluding hydrogens is 272 g/mol. The molecule has 1 aromatic carbocycles. The molecule has 0 bridgehead atoms. The molecule has 4 nitrogen and oxygen atoms in total. The van der Waals surface area contributed by atoms with E-state index in [9.17, 15) is 9.90 Å². The molecule has 0 aliphatic carbocycles.